The first-order valence-corrected chi connectivity index (χ1v) is 9.15. The van der Waals surface area contributed by atoms with E-state index in [1.807, 2.05) is 0 Å². The SMILES string of the molecule is COc1cc(C)c(NC(=O)c2cc(C(F)(F)F)ccc2Nc2ccc(F)cc2C)cn1. The number of hydrogen-bond donors (Lipinski definition) is 2. The normalized spacial score (nSPS) is 11.2. The van der Waals surface area contributed by atoms with Crippen molar-refractivity contribution in [2.24, 2.45) is 0 Å². The van der Waals surface area contributed by atoms with Crippen molar-refractivity contribution < 1.29 is 27.1 Å². The van der Waals surface area contributed by atoms with Crippen LogP contribution < -0.4 is 15.4 Å². The minimum absolute atomic E-state index is 0.138. The van der Waals surface area contributed by atoms with Crippen molar-refractivity contribution in [3.63, 3.8) is 0 Å². The molecule has 5 nitrogen and oxygen atoms in total. The number of hydrogen-bond acceptors (Lipinski definition) is 4. The standard InChI is InChI=1S/C22H19F4N3O2/c1-12-8-15(23)5-7-17(12)28-18-6-4-14(22(24,25)26)10-16(18)21(30)29-19-11-27-20(31-3)9-13(19)2/h4-11,28H,1-3H3,(H,29,30). The Bertz CT molecular complexity index is 1130. The Labute approximate surface area is 176 Å². The first kappa shape index (κ1) is 22.1. The Kier molecular flexibility index (Phi) is 6.14. The molecule has 0 aliphatic carbocycles. The molecule has 0 atom stereocenters. The highest BCUT2D eigenvalue weighted by molar-refractivity contribution is 6.09. The zero-order chi connectivity index (χ0) is 22.8. The number of anilines is 3. The molecule has 0 unspecified atom stereocenters. The largest absolute Gasteiger partial charge is 0.481 e. The third-order valence-electron chi connectivity index (χ3n) is 4.59. The highest BCUT2D eigenvalue weighted by Gasteiger charge is 2.32. The van der Waals surface area contributed by atoms with Crippen molar-refractivity contribution in [3.05, 3.63) is 76.7 Å². The van der Waals surface area contributed by atoms with Crippen molar-refractivity contribution >= 4 is 23.0 Å². The van der Waals surface area contributed by atoms with E-state index in [1.54, 1.807) is 19.9 Å². The van der Waals surface area contributed by atoms with Gasteiger partial charge in [0.2, 0.25) is 5.88 Å². The maximum absolute atomic E-state index is 13.4. The molecule has 3 aromatic rings. The van der Waals surface area contributed by atoms with Gasteiger partial charge in [-0.05, 0) is 61.4 Å². The van der Waals surface area contributed by atoms with Crippen molar-refractivity contribution in [2.75, 3.05) is 17.7 Å². The number of aromatic nitrogens is 1. The predicted octanol–water partition coefficient (Wildman–Crippen LogP) is 5.86. The van der Waals surface area contributed by atoms with Crippen molar-refractivity contribution in [2.45, 2.75) is 20.0 Å². The summed E-state index contributed by atoms with van der Waals surface area (Å²) in [5, 5.41) is 5.50. The number of nitrogens with one attached hydrogen (secondary N) is 2. The van der Waals surface area contributed by atoms with E-state index in [4.69, 9.17) is 4.74 Å². The van der Waals surface area contributed by atoms with E-state index >= 15 is 0 Å². The fourth-order valence-electron chi connectivity index (χ4n) is 2.89. The molecule has 1 amide bonds. The molecule has 0 fully saturated rings. The third kappa shape index (κ3) is 5.11. The molecule has 0 aliphatic heterocycles. The summed E-state index contributed by atoms with van der Waals surface area (Å²) in [5.74, 6) is -0.872. The van der Waals surface area contributed by atoms with Gasteiger partial charge in [-0.3, -0.25) is 4.79 Å². The minimum Gasteiger partial charge on any atom is -0.481 e. The van der Waals surface area contributed by atoms with Crippen LogP contribution in [0.5, 0.6) is 5.88 Å². The van der Waals surface area contributed by atoms with Crippen LogP contribution in [0, 0.1) is 19.7 Å². The second-order valence-corrected chi connectivity index (χ2v) is 6.84. The molecule has 0 aliphatic rings. The first-order chi connectivity index (χ1) is 14.6. The highest BCUT2D eigenvalue weighted by Crippen LogP contribution is 2.34. The number of carbonyl (C=O) groups is 1. The minimum atomic E-state index is -4.63. The van der Waals surface area contributed by atoms with Gasteiger partial charge in [0.05, 0.1) is 35.8 Å². The molecule has 2 N–H and O–H groups in total. The van der Waals surface area contributed by atoms with E-state index in [0.717, 1.165) is 12.1 Å². The number of halogens is 4. The molecule has 1 aromatic heterocycles. The van der Waals surface area contributed by atoms with Gasteiger partial charge in [-0.15, -0.1) is 0 Å². The summed E-state index contributed by atoms with van der Waals surface area (Å²) in [6, 6.07) is 8.33. The fourth-order valence-corrected chi connectivity index (χ4v) is 2.89. The molecule has 3 rings (SSSR count). The summed E-state index contributed by atoms with van der Waals surface area (Å²) >= 11 is 0. The van der Waals surface area contributed by atoms with Crippen LogP contribution in [0.3, 0.4) is 0 Å². The number of nitrogens with zero attached hydrogens (tertiary/aromatic N) is 1. The van der Waals surface area contributed by atoms with E-state index in [9.17, 15) is 22.4 Å². The molecule has 0 saturated heterocycles. The van der Waals surface area contributed by atoms with E-state index in [1.165, 1.54) is 37.6 Å². The van der Waals surface area contributed by atoms with Gasteiger partial charge in [-0.25, -0.2) is 9.37 Å². The van der Waals surface area contributed by atoms with Crippen molar-refractivity contribution in [3.8, 4) is 5.88 Å². The van der Waals surface area contributed by atoms with Crippen LogP contribution >= 0.6 is 0 Å². The maximum atomic E-state index is 13.4. The van der Waals surface area contributed by atoms with E-state index in [-0.39, 0.29) is 11.3 Å². The monoisotopic (exact) mass is 433 g/mol. The second-order valence-electron chi connectivity index (χ2n) is 6.84. The van der Waals surface area contributed by atoms with Gasteiger partial charge >= 0.3 is 6.18 Å². The third-order valence-corrected chi connectivity index (χ3v) is 4.59. The van der Waals surface area contributed by atoms with E-state index in [2.05, 4.69) is 15.6 Å². The highest BCUT2D eigenvalue weighted by atomic mass is 19.4. The Balaban J connectivity index is 2.00. The molecule has 162 valence electrons. The lowest BCUT2D eigenvalue weighted by Gasteiger charge is -2.17. The average molecular weight is 433 g/mol. The predicted molar refractivity (Wildman–Crippen MR) is 109 cm³/mol. The van der Waals surface area contributed by atoms with Gasteiger partial charge in [0.1, 0.15) is 5.82 Å². The van der Waals surface area contributed by atoms with Crippen LogP contribution in [0.25, 0.3) is 0 Å². The number of pyridine rings is 1. The van der Waals surface area contributed by atoms with Crippen molar-refractivity contribution in [1.29, 1.82) is 0 Å². The number of methoxy groups -OCH3 is 1. The Hall–Kier alpha value is -3.62. The molecule has 0 spiro atoms. The van der Waals surface area contributed by atoms with Gasteiger partial charge in [0, 0.05) is 11.8 Å². The van der Waals surface area contributed by atoms with Gasteiger partial charge in [0.25, 0.3) is 5.91 Å². The number of rotatable bonds is 5. The Morgan fingerprint density at radius 2 is 1.65 bits per heavy atom. The molecule has 0 bridgehead atoms. The lowest BCUT2D eigenvalue weighted by molar-refractivity contribution is -0.137. The fraction of sp³-hybridized carbons (Fsp3) is 0.182. The van der Waals surface area contributed by atoms with E-state index < -0.39 is 23.5 Å². The number of aryl methyl sites for hydroxylation is 2. The number of amides is 1. The van der Waals surface area contributed by atoms with Crippen molar-refractivity contribution in [1.82, 2.24) is 4.98 Å². The smallest absolute Gasteiger partial charge is 0.416 e. The van der Waals surface area contributed by atoms with Crippen LogP contribution in [0.1, 0.15) is 27.0 Å². The van der Waals surface area contributed by atoms with Gasteiger partial charge < -0.3 is 15.4 Å². The number of benzene rings is 2. The molecule has 0 radical (unpaired) electrons. The lowest BCUT2D eigenvalue weighted by atomic mass is 10.1. The maximum Gasteiger partial charge on any atom is 0.416 e. The Morgan fingerprint density at radius 1 is 0.968 bits per heavy atom. The Morgan fingerprint density at radius 3 is 2.26 bits per heavy atom. The second kappa shape index (κ2) is 8.63. The van der Waals surface area contributed by atoms with Gasteiger partial charge in [-0.1, -0.05) is 0 Å². The quantitative estimate of drug-likeness (QED) is 0.495. The van der Waals surface area contributed by atoms with Crippen LogP contribution in [-0.2, 0) is 6.18 Å². The molecular weight excluding hydrogens is 414 g/mol. The summed E-state index contributed by atoms with van der Waals surface area (Å²) in [6.07, 6.45) is -3.27. The van der Waals surface area contributed by atoms with E-state index in [0.29, 0.717) is 28.4 Å². The van der Waals surface area contributed by atoms with Crippen LogP contribution in [0.15, 0.2) is 48.7 Å². The van der Waals surface area contributed by atoms with Crippen LogP contribution in [-0.4, -0.2) is 18.0 Å². The number of ether oxygens (including phenoxy) is 1. The van der Waals surface area contributed by atoms with Crippen LogP contribution in [0.2, 0.25) is 0 Å². The summed E-state index contributed by atoms with van der Waals surface area (Å²) in [7, 11) is 1.44. The average Bonchev–Trinajstić information content (AvgIpc) is 2.70. The zero-order valence-corrected chi connectivity index (χ0v) is 16.9. The summed E-state index contributed by atoms with van der Waals surface area (Å²) < 4.78 is 58.2. The summed E-state index contributed by atoms with van der Waals surface area (Å²) in [6.45, 7) is 3.34. The molecule has 2 aromatic carbocycles. The molecule has 0 saturated carbocycles. The topological polar surface area (TPSA) is 63.2 Å². The lowest BCUT2D eigenvalue weighted by Crippen LogP contribution is -2.17. The number of alkyl halides is 3. The summed E-state index contributed by atoms with van der Waals surface area (Å²) in [4.78, 5) is 16.9. The van der Waals surface area contributed by atoms with Crippen LogP contribution in [0.4, 0.5) is 34.6 Å². The van der Waals surface area contributed by atoms with Gasteiger partial charge in [0.15, 0.2) is 0 Å². The molecule has 1 heterocycles. The summed E-state index contributed by atoms with van der Waals surface area (Å²) in [5.41, 5.74) is 0.874. The molecule has 9 heteroatoms. The first-order valence-electron chi connectivity index (χ1n) is 9.15. The number of carbonyl (C=O) groups excluding carboxylic acids is 1. The zero-order valence-electron chi connectivity index (χ0n) is 16.9. The molecule has 31 heavy (non-hydrogen) atoms. The van der Waals surface area contributed by atoms with Gasteiger partial charge in [-0.2, -0.15) is 13.2 Å². The molecular formula is C22H19F4N3O2.